The van der Waals surface area contributed by atoms with Crippen LogP contribution >= 0.6 is 11.3 Å². The Bertz CT molecular complexity index is 472. The molecule has 2 rings (SSSR count). The van der Waals surface area contributed by atoms with Crippen molar-refractivity contribution >= 4 is 17.5 Å². The Labute approximate surface area is 98.6 Å². The molecule has 2 aromatic rings. The third-order valence-corrected chi connectivity index (χ3v) is 3.03. The average Bonchev–Trinajstić information content (AvgIpc) is 2.88. The molecule has 0 unspecified atom stereocenters. The van der Waals surface area contributed by atoms with Crippen molar-refractivity contribution in [2.45, 2.75) is 20.0 Å². The molecule has 0 bridgehead atoms. The second kappa shape index (κ2) is 5.05. The van der Waals surface area contributed by atoms with Gasteiger partial charge in [0, 0.05) is 42.1 Å². The monoisotopic (exact) mass is 234 g/mol. The molecule has 0 aliphatic rings. The molecular weight excluding hydrogens is 220 g/mol. The number of nitrogens with one attached hydrogen (secondary N) is 1. The van der Waals surface area contributed by atoms with Crippen LogP contribution in [-0.4, -0.2) is 14.8 Å². The van der Waals surface area contributed by atoms with Crippen molar-refractivity contribution < 1.29 is 0 Å². The highest BCUT2D eigenvalue weighted by molar-refractivity contribution is 7.11. The number of rotatable bonds is 5. The lowest BCUT2D eigenvalue weighted by Gasteiger charge is -1.98. The molecular formula is C11H14N4S. The molecule has 84 valence electrons. The number of hydrogen-bond donors (Lipinski definition) is 1. The SMILES string of the molecule is C=Cn1cc(CNCc2ncc(C)s2)cn1. The second-order valence-corrected chi connectivity index (χ2v) is 4.80. The van der Waals surface area contributed by atoms with Crippen molar-refractivity contribution in [2.75, 3.05) is 0 Å². The summed E-state index contributed by atoms with van der Waals surface area (Å²) < 4.78 is 1.70. The summed E-state index contributed by atoms with van der Waals surface area (Å²) in [5.74, 6) is 0. The maximum atomic E-state index is 4.29. The van der Waals surface area contributed by atoms with Crippen LogP contribution in [0.4, 0.5) is 0 Å². The Morgan fingerprint density at radius 3 is 3.00 bits per heavy atom. The Morgan fingerprint density at radius 2 is 2.38 bits per heavy atom. The summed E-state index contributed by atoms with van der Waals surface area (Å²) in [5, 5.41) is 8.56. The number of nitrogens with zero attached hydrogens (tertiary/aromatic N) is 3. The lowest BCUT2D eigenvalue weighted by atomic mass is 10.3. The number of aromatic nitrogens is 3. The van der Waals surface area contributed by atoms with E-state index in [1.54, 1.807) is 22.2 Å². The van der Waals surface area contributed by atoms with Crippen LogP contribution in [0, 0.1) is 6.92 Å². The van der Waals surface area contributed by atoms with Gasteiger partial charge >= 0.3 is 0 Å². The van der Waals surface area contributed by atoms with Crippen molar-refractivity contribution in [3.8, 4) is 0 Å². The fourth-order valence-electron chi connectivity index (χ4n) is 1.37. The van der Waals surface area contributed by atoms with E-state index in [-0.39, 0.29) is 0 Å². The number of thiazole rings is 1. The van der Waals surface area contributed by atoms with E-state index in [4.69, 9.17) is 0 Å². The van der Waals surface area contributed by atoms with Crippen LogP contribution in [0.15, 0.2) is 25.2 Å². The molecule has 16 heavy (non-hydrogen) atoms. The normalized spacial score (nSPS) is 10.6. The molecule has 0 saturated heterocycles. The van der Waals surface area contributed by atoms with Gasteiger partial charge in [0.1, 0.15) is 5.01 Å². The third kappa shape index (κ3) is 2.77. The van der Waals surface area contributed by atoms with Crippen LogP contribution < -0.4 is 5.32 Å². The summed E-state index contributed by atoms with van der Waals surface area (Å²) in [4.78, 5) is 5.53. The van der Waals surface area contributed by atoms with Crippen LogP contribution in [0.2, 0.25) is 0 Å². The summed E-state index contributed by atoms with van der Waals surface area (Å²) in [6.07, 6.45) is 7.36. The minimum Gasteiger partial charge on any atom is -0.306 e. The molecule has 0 spiro atoms. The molecule has 0 saturated carbocycles. The first kappa shape index (κ1) is 11.0. The van der Waals surface area contributed by atoms with Gasteiger partial charge in [-0.05, 0) is 6.92 Å². The maximum absolute atomic E-state index is 4.29. The molecule has 1 N–H and O–H groups in total. The Kier molecular flexibility index (Phi) is 3.48. The smallest absolute Gasteiger partial charge is 0.107 e. The quantitative estimate of drug-likeness (QED) is 0.861. The van der Waals surface area contributed by atoms with E-state index in [0.717, 1.165) is 23.7 Å². The molecule has 5 heteroatoms. The van der Waals surface area contributed by atoms with Gasteiger partial charge in [-0.2, -0.15) is 5.10 Å². The molecule has 0 aromatic carbocycles. The van der Waals surface area contributed by atoms with Crippen molar-refractivity contribution in [1.29, 1.82) is 0 Å². The predicted octanol–water partition coefficient (Wildman–Crippen LogP) is 2.04. The van der Waals surface area contributed by atoms with Gasteiger partial charge in [-0.3, -0.25) is 0 Å². The minimum atomic E-state index is 0.798. The van der Waals surface area contributed by atoms with Gasteiger partial charge in [-0.1, -0.05) is 6.58 Å². The van der Waals surface area contributed by atoms with E-state index < -0.39 is 0 Å². The highest BCUT2D eigenvalue weighted by Crippen LogP contribution is 2.10. The van der Waals surface area contributed by atoms with Crippen molar-refractivity contribution in [3.63, 3.8) is 0 Å². The van der Waals surface area contributed by atoms with Crippen LogP contribution in [0.5, 0.6) is 0 Å². The standard InChI is InChI=1S/C11H14N4S/c1-3-15-8-10(6-14-15)5-12-7-11-13-4-9(2)16-11/h3-4,6,8,12H,1,5,7H2,2H3. The molecule has 0 atom stereocenters. The zero-order valence-corrected chi connectivity index (χ0v) is 10.00. The molecule has 0 aliphatic carbocycles. The van der Waals surface area contributed by atoms with Crippen molar-refractivity contribution in [2.24, 2.45) is 0 Å². The van der Waals surface area contributed by atoms with Crippen molar-refractivity contribution in [3.05, 3.63) is 40.6 Å². The molecule has 0 fully saturated rings. The Hall–Kier alpha value is -1.46. The summed E-state index contributed by atoms with van der Waals surface area (Å²) in [5.41, 5.74) is 1.15. The first-order chi connectivity index (χ1) is 7.78. The van der Waals surface area contributed by atoms with Crippen LogP contribution in [0.3, 0.4) is 0 Å². The number of hydrogen-bond acceptors (Lipinski definition) is 4. The highest BCUT2D eigenvalue weighted by atomic mass is 32.1. The summed E-state index contributed by atoms with van der Waals surface area (Å²) in [6, 6.07) is 0. The molecule has 4 nitrogen and oxygen atoms in total. The molecule has 0 amide bonds. The van der Waals surface area contributed by atoms with Crippen molar-refractivity contribution in [1.82, 2.24) is 20.1 Å². The van der Waals surface area contributed by atoms with E-state index in [0.29, 0.717) is 0 Å². The zero-order chi connectivity index (χ0) is 11.4. The predicted molar refractivity (Wildman–Crippen MR) is 66.0 cm³/mol. The van der Waals surface area contributed by atoms with Gasteiger partial charge in [0.05, 0.1) is 6.20 Å². The van der Waals surface area contributed by atoms with E-state index in [1.807, 2.05) is 18.6 Å². The van der Waals surface area contributed by atoms with Gasteiger partial charge < -0.3 is 5.32 Å². The van der Waals surface area contributed by atoms with Crippen LogP contribution in [0.25, 0.3) is 6.20 Å². The van der Waals surface area contributed by atoms with Crippen LogP contribution in [-0.2, 0) is 13.1 Å². The Balaban J connectivity index is 1.81. The van der Waals surface area contributed by atoms with Gasteiger partial charge in [0.15, 0.2) is 0 Å². The fourth-order valence-corrected chi connectivity index (χ4v) is 2.12. The summed E-state index contributed by atoms with van der Waals surface area (Å²) >= 11 is 1.72. The first-order valence-corrected chi connectivity index (χ1v) is 5.87. The van der Waals surface area contributed by atoms with E-state index >= 15 is 0 Å². The summed E-state index contributed by atoms with van der Waals surface area (Å²) in [7, 11) is 0. The Morgan fingerprint density at radius 1 is 1.50 bits per heavy atom. The fraction of sp³-hybridized carbons (Fsp3) is 0.273. The zero-order valence-electron chi connectivity index (χ0n) is 9.18. The minimum absolute atomic E-state index is 0.798. The maximum Gasteiger partial charge on any atom is 0.107 e. The van der Waals surface area contributed by atoms with Gasteiger partial charge in [0.25, 0.3) is 0 Å². The molecule has 2 heterocycles. The average molecular weight is 234 g/mol. The topological polar surface area (TPSA) is 42.7 Å². The van der Waals surface area contributed by atoms with Crippen LogP contribution in [0.1, 0.15) is 15.4 Å². The number of aryl methyl sites for hydroxylation is 1. The lowest BCUT2D eigenvalue weighted by Crippen LogP contribution is -2.11. The van der Waals surface area contributed by atoms with E-state index in [9.17, 15) is 0 Å². The summed E-state index contributed by atoms with van der Waals surface area (Å²) in [6.45, 7) is 7.31. The molecule has 0 radical (unpaired) electrons. The second-order valence-electron chi connectivity index (χ2n) is 3.48. The van der Waals surface area contributed by atoms with Gasteiger partial charge in [-0.25, -0.2) is 9.67 Å². The first-order valence-electron chi connectivity index (χ1n) is 5.05. The largest absolute Gasteiger partial charge is 0.306 e. The van der Waals surface area contributed by atoms with E-state index in [2.05, 4.69) is 28.9 Å². The molecule has 0 aliphatic heterocycles. The van der Waals surface area contributed by atoms with Gasteiger partial charge in [0.2, 0.25) is 0 Å². The third-order valence-electron chi connectivity index (χ3n) is 2.12. The van der Waals surface area contributed by atoms with E-state index in [1.165, 1.54) is 4.88 Å². The lowest BCUT2D eigenvalue weighted by molar-refractivity contribution is 0.690. The molecule has 2 aromatic heterocycles. The highest BCUT2D eigenvalue weighted by Gasteiger charge is 1.99. The van der Waals surface area contributed by atoms with Gasteiger partial charge in [-0.15, -0.1) is 11.3 Å².